The number of hydrazone groups is 1. The summed E-state index contributed by atoms with van der Waals surface area (Å²) in [5.74, 6) is 0.112. The topological polar surface area (TPSA) is 106 Å². The summed E-state index contributed by atoms with van der Waals surface area (Å²) in [4.78, 5) is 11.8. The molecular formula is C15H22N4O3. The number of carbonyl (C=O) groups excluding carboxylic acids is 1. The fourth-order valence-electron chi connectivity index (χ4n) is 2.58. The van der Waals surface area contributed by atoms with Crippen molar-refractivity contribution in [3.63, 3.8) is 0 Å². The SMILES string of the molecule is CC1NNC(C)C1CCC(=O)N/N=C/c1ccc(O)cc1O. The van der Waals surface area contributed by atoms with Gasteiger partial charge in [-0.15, -0.1) is 0 Å². The van der Waals surface area contributed by atoms with Gasteiger partial charge in [-0.3, -0.25) is 15.6 Å². The molecule has 120 valence electrons. The maximum absolute atomic E-state index is 11.8. The number of aromatic hydroxyl groups is 2. The van der Waals surface area contributed by atoms with Gasteiger partial charge in [-0.05, 0) is 38.3 Å². The van der Waals surface area contributed by atoms with E-state index in [9.17, 15) is 15.0 Å². The van der Waals surface area contributed by atoms with Gasteiger partial charge in [0.15, 0.2) is 0 Å². The zero-order valence-electron chi connectivity index (χ0n) is 12.7. The van der Waals surface area contributed by atoms with Crippen LogP contribution in [-0.2, 0) is 4.79 Å². The van der Waals surface area contributed by atoms with Gasteiger partial charge in [0.25, 0.3) is 0 Å². The summed E-state index contributed by atoms with van der Waals surface area (Å²) in [7, 11) is 0. The Kier molecular flexibility index (Phi) is 5.35. The van der Waals surface area contributed by atoms with Crippen molar-refractivity contribution in [3.8, 4) is 11.5 Å². The lowest BCUT2D eigenvalue weighted by molar-refractivity contribution is -0.121. The molecule has 1 aliphatic rings. The van der Waals surface area contributed by atoms with E-state index in [0.29, 0.717) is 30.0 Å². The van der Waals surface area contributed by atoms with Crippen LogP contribution in [0, 0.1) is 5.92 Å². The Morgan fingerprint density at radius 1 is 1.32 bits per heavy atom. The standard InChI is InChI=1S/C15H22N4O3/c1-9-13(10(2)18-17-9)5-6-15(22)19-16-8-11-3-4-12(20)7-14(11)21/h3-4,7-10,13,17-18,20-21H,5-6H2,1-2H3,(H,19,22)/b16-8+. The summed E-state index contributed by atoms with van der Waals surface area (Å²) in [6, 6.07) is 4.83. The molecule has 2 rings (SSSR count). The molecule has 2 atom stereocenters. The Morgan fingerprint density at radius 2 is 2.00 bits per heavy atom. The molecule has 7 nitrogen and oxygen atoms in total. The van der Waals surface area contributed by atoms with Crippen molar-refractivity contribution in [1.82, 2.24) is 16.3 Å². The Morgan fingerprint density at radius 3 is 2.64 bits per heavy atom. The van der Waals surface area contributed by atoms with Gasteiger partial charge in [0.2, 0.25) is 5.91 Å². The van der Waals surface area contributed by atoms with Gasteiger partial charge in [0, 0.05) is 30.1 Å². The molecule has 0 spiro atoms. The lowest BCUT2D eigenvalue weighted by Gasteiger charge is -2.16. The number of hydrazine groups is 1. The molecule has 0 saturated carbocycles. The third-order valence-corrected chi connectivity index (χ3v) is 3.93. The fourth-order valence-corrected chi connectivity index (χ4v) is 2.58. The molecular weight excluding hydrogens is 284 g/mol. The zero-order chi connectivity index (χ0) is 16.1. The summed E-state index contributed by atoms with van der Waals surface area (Å²) in [6.07, 6.45) is 2.51. The number of amides is 1. The van der Waals surface area contributed by atoms with Crippen molar-refractivity contribution in [3.05, 3.63) is 23.8 Å². The largest absolute Gasteiger partial charge is 0.508 e. The molecule has 0 aromatic heterocycles. The number of rotatable bonds is 5. The first-order valence-electron chi connectivity index (χ1n) is 7.32. The average Bonchev–Trinajstić information content (AvgIpc) is 2.78. The lowest BCUT2D eigenvalue weighted by Crippen LogP contribution is -2.30. The van der Waals surface area contributed by atoms with Crippen LogP contribution < -0.4 is 16.3 Å². The summed E-state index contributed by atoms with van der Waals surface area (Å²) in [6.45, 7) is 4.18. The first-order chi connectivity index (χ1) is 10.5. The van der Waals surface area contributed by atoms with Crippen LogP contribution in [0.2, 0.25) is 0 Å². The van der Waals surface area contributed by atoms with Crippen LogP contribution in [-0.4, -0.2) is 34.4 Å². The van der Waals surface area contributed by atoms with Gasteiger partial charge in [-0.1, -0.05) is 0 Å². The van der Waals surface area contributed by atoms with Gasteiger partial charge in [0.05, 0.1) is 6.21 Å². The molecule has 1 heterocycles. The van der Waals surface area contributed by atoms with Crippen molar-refractivity contribution in [2.45, 2.75) is 38.8 Å². The highest BCUT2D eigenvalue weighted by Crippen LogP contribution is 2.21. The molecule has 22 heavy (non-hydrogen) atoms. The van der Waals surface area contributed by atoms with E-state index in [1.54, 1.807) is 0 Å². The minimum Gasteiger partial charge on any atom is -0.508 e. The number of nitrogens with one attached hydrogen (secondary N) is 3. The van der Waals surface area contributed by atoms with Crippen LogP contribution >= 0.6 is 0 Å². The maximum Gasteiger partial charge on any atom is 0.240 e. The summed E-state index contributed by atoms with van der Waals surface area (Å²) in [5, 5.41) is 22.6. The first-order valence-corrected chi connectivity index (χ1v) is 7.32. The third kappa shape index (κ3) is 4.19. The number of phenols is 2. The lowest BCUT2D eigenvalue weighted by atomic mass is 9.91. The van der Waals surface area contributed by atoms with Gasteiger partial charge in [-0.25, -0.2) is 5.43 Å². The molecule has 1 amide bonds. The van der Waals surface area contributed by atoms with E-state index in [0.717, 1.165) is 6.42 Å². The quantitative estimate of drug-likeness (QED) is 0.409. The van der Waals surface area contributed by atoms with Crippen LogP contribution in [0.1, 0.15) is 32.3 Å². The molecule has 1 aromatic rings. The Balaban J connectivity index is 1.79. The minimum atomic E-state index is -0.166. The van der Waals surface area contributed by atoms with Crippen LogP contribution in [0.15, 0.2) is 23.3 Å². The molecule has 0 aliphatic carbocycles. The highest BCUT2D eigenvalue weighted by molar-refractivity contribution is 5.85. The molecule has 7 heteroatoms. The van der Waals surface area contributed by atoms with Crippen LogP contribution in [0.25, 0.3) is 0 Å². The third-order valence-electron chi connectivity index (χ3n) is 3.93. The van der Waals surface area contributed by atoms with Crippen molar-refractivity contribution in [2.24, 2.45) is 11.0 Å². The normalized spacial score (nSPS) is 24.7. The monoisotopic (exact) mass is 306 g/mol. The van der Waals surface area contributed by atoms with E-state index < -0.39 is 0 Å². The maximum atomic E-state index is 11.8. The second kappa shape index (κ2) is 7.24. The van der Waals surface area contributed by atoms with E-state index in [-0.39, 0.29) is 17.4 Å². The van der Waals surface area contributed by atoms with Crippen LogP contribution in [0.5, 0.6) is 11.5 Å². The van der Waals surface area contributed by atoms with Gasteiger partial charge in [0.1, 0.15) is 11.5 Å². The molecule has 1 fully saturated rings. The average molecular weight is 306 g/mol. The van der Waals surface area contributed by atoms with E-state index in [1.807, 2.05) is 0 Å². The minimum absolute atomic E-state index is 0.0271. The van der Waals surface area contributed by atoms with E-state index in [4.69, 9.17) is 0 Å². The van der Waals surface area contributed by atoms with Gasteiger partial charge >= 0.3 is 0 Å². The van der Waals surface area contributed by atoms with Crippen molar-refractivity contribution in [2.75, 3.05) is 0 Å². The number of hydrogen-bond donors (Lipinski definition) is 5. The number of carbonyl (C=O) groups is 1. The van der Waals surface area contributed by atoms with Crippen LogP contribution in [0.3, 0.4) is 0 Å². The molecule has 0 bridgehead atoms. The van der Waals surface area contributed by atoms with Gasteiger partial charge in [-0.2, -0.15) is 5.10 Å². The molecule has 1 aliphatic heterocycles. The van der Waals surface area contributed by atoms with Crippen molar-refractivity contribution >= 4 is 12.1 Å². The highest BCUT2D eigenvalue weighted by atomic mass is 16.3. The number of benzene rings is 1. The Labute approximate surface area is 129 Å². The number of phenolic OH excluding ortho intramolecular Hbond substituents is 2. The summed E-state index contributed by atoms with van der Waals surface area (Å²) < 4.78 is 0. The number of nitrogens with zero attached hydrogens (tertiary/aromatic N) is 1. The second-order valence-corrected chi connectivity index (χ2v) is 5.60. The van der Waals surface area contributed by atoms with E-state index in [2.05, 4.69) is 35.2 Å². The summed E-state index contributed by atoms with van der Waals surface area (Å²) in [5.41, 5.74) is 9.18. The molecule has 1 saturated heterocycles. The predicted octanol–water partition coefficient (Wildman–Crippen LogP) is 0.829. The van der Waals surface area contributed by atoms with Crippen molar-refractivity contribution in [1.29, 1.82) is 0 Å². The van der Waals surface area contributed by atoms with Crippen LogP contribution in [0.4, 0.5) is 0 Å². The first kappa shape index (κ1) is 16.3. The number of hydrogen-bond acceptors (Lipinski definition) is 6. The predicted molar refractivity (Wildman–Crippen MR) is 83.4 cm³/mol. The van der Waals surface area contributed by atoms with E-state index in [1.165, 1.54) is 24.4 Å². The van der Waals surface area contributed by atoms with E-state index >= 15 is 0 Å². The smallest absolute Gasteiger partial charge is 0.240 e. The Bertz CT molecular complexity index is 552. The Hall–Kier alpha value is -2.12. The highest BCUT2D eigenvalue weighted by Gasteiger charge is 2.29. The molecule has 1 aromatic carbocycles. The molecule has 2 unspecified atom stereocenters. The van der Waals surface area contributed by atoms with Crippen molar-refractivity contribution < 1.29 is 15.0 Å². The zero-order valence-corrected chi connectivity index (χ0v) is 12.7. The molecule has 0 radical (unpaired) electrons. The molecule has 5 N–H and O–H groups in total. The summed E-state index contributed by atoms with van der Waals surface area (Å²) >= 11 is 0. The fraction of sp³-hybridized carbons (Fsp3) is 0.467. The van der Waals surface area contributed by atoms with Gasteiger partial charge < -0.3 is 10.2 Å². The second-order valence-electron chi connectivity index (χ2n) is 5.60.